The van der Waals surface area contributed by atoms with Gasteiger partial charge in [0.2, 0.25) is 5.91 Å². The minimum Gasteiger partial charge on any atom is -0.460 e. The van der Waals surface area contributed by atoms with E-state index in [0.717, 1.165) is 21.8 Å². The number of benzene rings is 1. The molecule has 0 bridgehead atoms. The number of rotatable bonds is 9. The van der Waals surface area contributed by atoms with Crippen molar-refractivity contribution in [2.45, 2.75) is 25.7 Å². The molecule has 0 aliphatic heterocycles. The number of carbonyl (C=O) groups is 3. The van der Waals surface area contributed by atoms with Crippen LogP contribution in [0.2, 0.25) is 0 Å². The van der Waals surface area contributed by atoms with Crippen molar-refractivity contribution in [1.82, 2.24) is 0 Å². The van der Waals surface area contributed by atoms with E-state index < -0.39 is 11.9 Å². The lowest BCUT2D eigenvalue weighted by molar-refractivity contribution is -0.113. The third-order valence-corrected chi connectivity index (χ3v) is 6.41. The Hall–Kier alpha value is -2.36. The average molecular weight is 437 g/mol. The van der Waals surface area contributed by atoms with Gasteiger partial charge in [0.1, 0.15) is 11.6 Å². The first-order valence-corrected chi connectivity index (χ1v) is 10.6. The van der Waals surface area contributed by atoms with Gasteiger partial charge in [-0.25, -0.2) is 4.79 Å². The largest absolute Gasteiger partial charge is 0.460 e. The molecule has 1 aromatic heterocycles. The zero-order chi connectivity index (χ0) is 21.6. The Morgan fingerprint density at radius 1 is 1.14 bits per heavy atom. The van der Waals surface area contributed by atoms with E-state index in [-0.39, 0.29) is 40.3 Å². The van der Waals surface area contributed by atoms with Crippen LogP contribution in [0.5, 0.6) is 0 Å². The van der Waals surface area contributed by atoms with Crippen LogP contribution in [-0.2, 0) is 14.3 Å². The number of anilines is 1. The van der Waals surface area contributed by atoms with Crippen molar-refractivity contribution in [1.29, 1.82) is 0 Å². The lowest BCUT2D eigenvalue weighted by Gasteiger charge is -2.08. The Morgan fingerprint density at radius 2 is 1.86 bits per heavy atom. The molecular formula is C20H24N2O5S2. The fourth-order valence-corrected chi connectivity index (χ4v) is 4.35. The van der Waals surface area contributed by atoms with Gasteiger partial charge >= 0.3 is 5.97 Å². The second-order valence-corrected chi connectivity index (χ2v) is 8.41. The maximum atomic E-state index is 12.4. The van der Waals surface area contributed by atoms with Crippen LogP contribution in [0.4, 0.5) is 5.00 Å². The molecule has 9 heteroatoms. The van der Waals surface area contributed by atoms with E-state index in [1.54, 1.807) is 6.92 Å². The number of carbonyl (C=O) groups excluding carboxylic acids is 3. The summed E-state index contributed by atoms with van der Waals surface area (Å²) >= 11 is 2.36. The monoisotopic (exact) mass is 436 g/mol. The van der Waals surface area contributed by atoms with Crippen LogP contribution in [0, 0.1) is 20.8 Å². The summed E-state index contributed by atoms with van der Waals surface area (Å²) in [6.07, 6.45) is 0. The molecular weight excluding hydrogens is 412 g/mol. The molecule has 0 saturated heterocycles. The van der Waals surface area contributed by atoms with Crippen LogP contribution in [0.1, 0.15) is 36.7 Å². The van der Waals surface area contributed by atoms with Gasteiger partial charge in [0, 0.05) is 12.0 Å². The van der Waals surface area contributed by atoms with Gasteiger partial charge in [-0.3, -0.25) is 9.59 Å². The molecule has 0 spiro atoms. The van der Waals surface area contributed by atoms with E-state index in [9.17, 15) is 14.4 Å². The number of nitrogens with two attached hydrogens (primary N) is 1. The highest BCUT2D eigenvalue weighted by atomic mass is 32.2. The third kappa shape index (κ3) is 6.06. The highest BCUT2D eigenvalue weighted by Crippen LogP contribution is 2.34. The van der Waals surface area contributed by atoms with E-state index in [0.29, 0.717) is 5.56 Å². The average Bonchev–Trinajstić information content (AvgIpc) is 2.99. The quantitative estimate of drug-likeness (QED) is 0.355. The van der Waals surface area contributed by atoms with Gasteiger partial charge in [0.05, 0.1) is 22.8 Å². The number of esters is 1. The van der Waals surface area contributed by atoms with Crippen molar-refractivity contribution in [3.05, 3.63) is 45.3 Å². The SMILES string of the molecule is COCCOC(=O)c1c(NC(=O)CSc2ccc(C)c(C)c2)sc(C(N)=O)c1C. The number of hydrogen-bond donors (Lipinski definition) is 2. The number of methoxy groups -OCH3 is 1. The van der Waals surface area contributed by atoms with E-state index >= 15 is 0 Å². The second-order valence-electron chi connectivity index (χ2n) is 6.34. The number of thiophene rings is 1. The Balaban J connectivity index is 2.13. The van der Waals surface area contributed by atoms with Gasteiger partial charge < -0.3 is 20.5 Å². The Labute approximate surface area is 178 Å². The summed E-state index contributed by atoms with van der Waals surface area (Å²) < 4.78 is 10.0. The predicted octanol–water partition coefficient (Wildman–Crippen LogP) is 3.31. The van der Waals surface area contributed by atoms with Gasteiger partial charge in [0.25, 0.3) is 5.91 Å². The molecule has 2 amide bonds. The van der Waals surface area contributed by atoms with Gasteiger partial charge in [-0.05, 0) is 49.6 Å². The van der Waals surface area contributed by atoms with Crippen LogP contribution in [0.15, 0.2) is 23.1 Å². The van der Waals surface area contributed by atoms with Gasteiger partial charge in [-0.15, -0.1) is 23.1 Å². The fraction of sp³-hybridized carbons (Fsp3) is 0.350. The van der Waals surface area contributed by atoms with Crippen LogP contribution < -0.4 is 11.1 Å². The second kappa shape index (κ2) is 10.4. The lowest BCUT2D eigenvalue weighted by atomic mass is 10.1. The van der Waals surface area contributed by atoms with Crippen LogP contribution in [0.3, 0.4) is 0 Å². The minimum absolute atomic E-state index is 0.0620. The standard InChI is InChI=1S/C20H24N2O5S2/c1-11-5-6-14(9-12(11)2)28-10-15(23)22-19-16(20(25)27-8-7-26-4)13(3)17(29-19)18(21)24/h5-6,9H,7-8,10H2,1-4H3,(H2,21,24)(H,22,23). The summed E-state index contributed by atoms with van der Waals surface area (Å²) in [7, 11) is 1.49. The molecule has 0 aliphatic rings. The maximum absolute atomic E-state index is 12.4. The Bertz CT molecular complexity index is 924. The molecule has 1 heterocycles. The summed E-state index contributed by atoms with van der Waals surface area (Å²) in [5.74, 6) is -1.44. The topological polar surface area (TPSA) is 108 Å². The number of amides is 2. The molecule has 0 unspecified atom stereocenters. The van der Waals surface area contributed by atoms with E-state index in [1.165, 1.54) is 24.4 Å². The van der Waals surface area contributed by atoms with Crippen LogP contribution in [0.25, 0.3) is 0 Å². The van der Waals surface area contributed by atoms with Crippen molar-refractivity contribution < 1.29 is 23.9 Å². The lowest BCUT2D eigenvalue weighted by Crippen LogP contribution is -2.17. The maximum Gasteiger partial charge on any atom is 0.341 e. The fourth-order valence-electron chi connectivity index (χ4n) is 2.49. The molecule has 29 heavy (non-hydrogen) atoms. The van der Waals surface area contributed by atoms with E-state index in [1.807, 2.05) is 32.0 Å². The van der Waals surface area contributed by atoms with Crippen molar-refractivity contribution in [2.24, 2.45) is 5.73 Å². The van der Waals surface area contributed by atoms with E-state index in [4.69, 9.17) is 15.2 Å². The highest BCUT2D eigenvalue weighted by molar-refractivity contribution is 8.00. The normalized spacial score (nSPS) is 10.6. The summed E-state index contributed by atoms with van der Waals surface area (Å²) in [4.78, 5) is 37.8. The molecule has 2 aromatic rings. The molecule has 7 nitrogen and oxygen atoms in total. The number of ether oxygens (including phenoxy) is 2. The molecule has 2 rings (SSSR count). The Kier molecular flexibility index (Phi) is 8.24. The molecule has 0 atom stereocenters. The first kappa shape index (κ1) is 22.9. The van der Waals surface area contributed by atoms with Crippen molar-refractivity contribution in [3.63, 3.8) is 0 Å². The number of primary amides is 1. The number of thioether (sulfide) groups is 1. The minimum atomic E-state index is -0.663. The first-order chi connectivity index (χ1) is 13.7. The molecule has 0 aliphatic carbocycles. The molecule has 0 fully saturated rings. The summed E-state index contributed by atoms with van der Waals surface area (Å²) in [6, 6.07) is 5.98. The van der Waals surface area contributed by atoms with Crippen LogP contribution >= 0.6 is 23.1 Å². The summed E-state index contributed by atoms with van der Waals surface area (Å²) in [6.45, 7) is 5.95. The predicted molar refractivity (Wildman–Crippen MR) is 115 cm³/mol. The smallest absolute Gasteiger partial charge is 0.341 e. The van der Waals surface area contributed by atoms with Crippen LogP contribution in [-0.4, -0.2) is 43.9 Å². The molecule has 0 saturated carbocycles. The van der Waals surface area contributed by atoms with Crippen molar-refractivity contribution in [2.75, 3.05) is 31.4 Å². The zero-order valence-corrected chi connectivity index (χ0v) is 18.4. The molecule has 156 valence electrons. The van der Waals surface area contributed by atoms with E-state index in [2.05, 4.69) is 5.32 Å². The number of hydrogen-bond acceptors (Lipinski definition) is 7. The first-order valence-electron chi connectivity index (χ1n) is 8.83. The third-order valence-electron chi connectivity index (χ3n) is 4.20. The molecule has 3 N–H and O–H groups in total. The highest BCUT2D eigenvalue weighted by Gasteiger charge is 2.25. The number of aryl methyl sites for hydroxylation is 2. The van der Waals surface area contributed by atoms with Gasteiger partial charge in [0.15, 0.2) is 0 Å². The van der Waals surface area contributed by atoms with Gasteiger partial charge in [-0.1, -0.05) is 6.07 Å². The Morgan fingerprint density at radius 3 is 2.48 bits per heavy atom. The van der Waals surface area contributed by atoms with Crippen molar-refractivity contribution in [3.8, 4) is 0 Å². The molecule has 1 aromatic carbocycles. The zero-order valence-electron chi connectivity index (χ0n) is 16.8. The summed E-state index contributed by atoms with van der Waals surface area (Å²) in [5.41, 5.74) is 8.26. The molecule has 0 radical (unpaired) electrons. The van der Waals surface area contributed by atoms with Gasteiger partial charge in [-0.2, -0.15) is 0 Å². The summed E-state index contributed by atoms with van der Waals surface area (Å²) in [5, 5.41) is 2.97. The van der Waals surface area contributed by atoms with Crippen molar-refractivity contribution >= 4 is 45.9 Å². The number of nitrogens with one attached hydrogen (secondary N) is 1.